The first-order valence-electron chi connectivity index (χ1n) is 20.2. The normalized spacial score (nSPS) is 16.3. The molecule has 14 nitrogen and oxygen atoms in total. The van der Waals surface area contributed by atoms with Gasteiger partial charge in [-0.25, -0.2) is 19.2 Å². The van der Waals surface area contributed by atoms with E-state index in [-0.39, 0.29) is 43.4 Å². The van der Waals surface area contributed by atoms with E-state index >= 15 is 0 Å². The SMILES string of the molecule is CC(C)C[C@@H](C(=O)O[C@H](Cc1ccc(C2CCOCC2)cc1)C(=O)N(C)[C@@H](CC(C)C)C(=O)O[C@H](C)C(=O)N(C)[C@@H](CC(C)C)C(=O)O)N(C)C(=O)OC(C)(C)C. The highest BCUT2D eigenvalue weighted by atomic mass is 16.6. The number of nitrogens with zero attached hydrogens (tertiary/aromatic N) is 3. The monoisotopic (exact) mass is 803 g/mol. The van der Waals surface area contributed by atoms with Crippen molar-refractivity contribution in [1.82, 2.24) is 14.7 Å². The zero-order chi connectivity index (χ0) is 43.4. The Bertz CT molecular complexity index is 1500. The molecule has 0 spiro atoms. The number of hydrogen-bond donors (Lipinski definition) is 1. The zero-order valence-corrected chi connectivity index (χ0v) is 36.5. The zero-order valence-electron chi connectivity index (χ0n) is 36.5. The number of rotatable bonds is 19. The predicted octanol–water partition coefficient (Wildman–Crippen LogP) is 6.08. The maximum atomic E-state index is 14.5. The molecular formula is C43H69N3O11. The van der Waals surface area contributed by atoms with Crippen molar-refractivity contribution in [1.29, 1.82) is 0 Å². The summed E-state index contributed by atoms with van der Waals surface area (Å²) in [7, 11) is 4.24. The average Bonchev–Trinajstić information content (AvgIpc) is 3.12. The highest BCUT2D eigenvalue weighted by Crippen LogP contribution is 2.28. The van der Waals surface area contributed by atoms with Crippen LogP contribution >= 0.6 is 0 Å². The first kappa shape index (κ1) is 48.9. The fraction of sp³-hybridized carbons (Fsp3) is 0.721. The number of carboxylic acids is 1. The van der Waals surface area contributed by atoms with Gasteiger partial charge in [-0.2, -0.15) is 0 Å². The van der Waals surface area contributed by atoms with Crippen LogP contribution in [-0.2, 0) is 49.3 Å². The standard InChI is InChI=1S/C43H69N3O11/c1-26(2)22-33(39(49)50)44(11)37(47)29(7)55-40(51)34(23-27(3)4)45(12)38(48)36(25-30-14-16-31(17-15-30)32-18-20-54-21-19-32)56-41(52)35(24-28(5)6)46(13)42(53)57-43(8,9)10/h14-17,26-29,32-36H,18-25H2,1-13H3,(H,49,50)/t29-,33+,34+,35+,36-/m1/s1. The van der Waals surface area contributed by atoms with E-state index in [4.69, 9.17) is 18.9 Å². The molecule has 1 N–H and O–H groups in total. The van der Waals surface area contributed by atoms with Crippen LogP contribution in [0.15, 0.2) is 24.3 Å². The van der Waals surface area contributed by atoms with Crippen LogP contribution in [0.2, 0.25) is 0 Å². The molecule has 5 atom stereocenters. The summed E-state index contributed by atoms with van der Waals surface area (Å²) in [4.78, 5) is 84.4. The molecule has 57 heavy (non-hydrogen) atoms. The van der Waals surface area contributed by atoms with Crippen molar-refractivity contribution >= 4 is 35.8 Å². The maximum Gasteiger partial charge on any atom is 0.410 e. The second kappa shape index (κ2) is 22.1. The van der Waals surface area contributed by atoms with Gasteiger partial charge in [0, 0.05) is 40.8 Å². The van der Waals surface area contributed by atoms with Gasteiger partial charge in [-0.3, -0.25) is 14.5 Å². The fourth-order valence-electron chi connectivity index (χ4n) is 6.74. The van der Waals surface area contributed by atoms with Gasteiger partial charge in [0.2, 0.25) is 0 Å². The molecule has 0 saturated carbocycles. The highest BCUT2D eigenvalue weighted by Gasteiger charge is 2.40. The Hall–Kier alpha value is -4.20. The molecular weight excluding hydrogens is 734 g/mol. The van der Waals surface area contributed by atoms with Crippen molar-refractivity contribution in [2.24, 2.45) is 17.8 Å². The fourth-order valence-corrected chi connectivity index (χ4v) is 6.74. The van der Waals surface area contributed by atoms with E-state index in [9.17, 15) is 33.9 Å². The number of benzene rings is 1. The molecule has 1 heterocycles. The molecule has 14 heteroatoms. The number of amides is 3. The Labute approximate surface area is 339 Å². The molecule has 322 valence electrons. The van der Waals surface area contributed by atoms with Crippen LogP contribution in [-0.4, -0.2) is 126 Å². The van der Waals surface area contributed by atoms with Gasteiger partial charge in [-0.15, -0.1) is 0 Å². The minimum absolute atomic E-state index is 0.0142. The summed E-state index contributed by atoms with van der Waals surface area (Å²) >= 11 is 0. The van der Waals surface area contributed by atoms with Crippen LogP contribution in [0, 0.1) is 17.8 Å². The molecule has 1 fully saturated rings. The molecule has 1 aliphatic heterocycles. The number of carboxylic acid groups (broad SMARTS) is 1. The minimum Gasteiger partial charge on any atom is -0.480 e. The van der Waals surface area contributed by atoms with Crippen molar-refractivity contribution in [3.05, 3.63) is 35.4 Å². The number of aliphatic carboxylic acids is 1. The molecule has 0 bridgehead atoms. The highest BCUT2D eigenvalue weighted by molar-refractivity contribution is 5.91. The Morgan fingerprint density at radius 1 is 0.702 bits per heavy atom. The molecule has 1 saturated heterocycles. The summed E-state index contributed by atoms with van der Waals surface area (Å²) in [6.45, 7) is 19.1. The summed E-state index contributed by atoms with van der Waals surface area (Å²) in [5, 5.41) is 9.79. The Morgan fingerprint density at radius 2 is 1.16 bits per heavy atom. The van der Waals surface area contributed by atoms with Crippen molar-refractivity contribution in [2.75, 3.05) is 34.4 Å². The first-order chi connectivity index (χ1) is 26.4. The average molecular weight is 804 g/mol. The summed E-state index contributed by atoms with van der Waals surface area (Å²) in [6, 6.07) is 4.40. The lowest BCUT2D eigenvalue weighted by molar-refractivity contribution is -0.171. The number of esters is 2. The molecule has 1 aromatic rings. The Balaban J connectivity index is 2.48. The van der Waals surface area contributed by atoms with Gasteiger partial charge in [-0.1, -0.05) is 65.8 Å². The van der Waals surface area contributed by atoms with E-state index in [1.807, 2.05) is 65.8 Å². The summed E-state index contributed by atoms with van der Waals surface area (Å²) < 4.78 is 22.8. The number of hydrogen-bond acceptors (Lipinski definition) is 10. The van der Waals surface area contributed by atoms with E-state index in [2.05, 4.69) is 0 Å². The Morgan fingerprint density at radius 3 is 1.63 bits per heavy atom. The second-order valence-corrected chi connectivity index (χ2v) is 17.6. The van der Waals surface area contributed by atoms with E-state index < -0.39 is 71.8 Å². The van der Waals surface area contributed by atoms with Crippen LogP contribution in [0.3, 0.4) is 0 Å². The number of likely N-dealkylation sites (N-methyl/N-ethyl adjacent to an activating group) is 3. The largest absolute Gasteiger partial charge is 0.480 e. The number of carbonyl (C=O) groups is 6. The van der Waals surface area contributed by atoms with Gasteiger partial charge in [-0.05, 0) is 94.6 Å². The van der Waals surface area contributed by atoms with Gasteiger partial charge in [0.25, 0.3) is 11.8 Å². The van der Waals surface area contributed by atoms with Crippen molar-refractivity contribution in [3.63, 3.8) is 0 Å². The maximum absolute atomic E-state index is 14.5. The van der Waals surface area contributed by atoms with E-state index in [1.165, 1.54) is 37.9 Å². The molecule has 1 aliphatic rings. The van der Waals surface area contributed by atoms with Crippen LogP contribution in [0.4, 0.5) is 4.79 Å². The van der Waals surface area contributed by atoms with Gasteiger partial charge in [0.15, 0.2) is 12.2 Å². The number of ether oxygens (including phenoxy) is 4. The summed E-state index contributed by atoms with van der Waals surface area (Å²) in [5.41, 5.74) is 1.04. The molecule has 0 aliphatic carbocycles. The third-order valence-corrected chi connectivity index (χ3v) is 9.96. The molecule has 3 amide bonds. The quantitative estimate of drug-likeness (QED) is 0.127. The van der Waals surface area contributed by atoms with Crippen molar-refractivity contribution in [2.45, 2.75) is 150 Å². The van der Waals surface area contributed by atoms with Gasteiger partial charge in [0.05, 0.1) is 0 Å². The lowest BCUT2D eigenvalue weighted by Crippen LogP contribution is -2.53. The lowest BCUT2D eigenvalue weighted by atomic mass is 9.90. The van der Waals surface area contributed by atoms with E-state index in [0.29, 0.717) is 24.7 Å². The third kappa shape index (κ3) is 15.6. The van der Waals surface area contributed by atoms with Crippen LogP contribution in [0.5, 0.6) is 0 Å². The molecule has 0 unspecified atom stereocenters. The van der Waals surface area contributed by atoms with Crippen LogP contribution in [0.25, 0.3) is 0 Å². The van der Waals surface area contributed by atoms with Gasteiger partial charge >= 0.3 is 24.0 Å². The second-order valence-electron chi connectivity index (χ2n) is 17.6. The lowest BCUT2D eigenvalue weighted by Gasteiger charge is -2.34. The van der Waals surface area contributed by atoms with Crippen LogP contribution in [0.1, 0.15) is 118 Å². The molecule has 1 aromatic carbocycles. The molecule has 2 rings (SSSR count). The molecule has 0 aromatic heterocycles. The summed E-state index contributed by atoms with van der Waals surface area (Å²) in [6.07, 6.45) is -1.11. The smallest absolute Gasteiger partial charge is 0.410 e. The van der Waals surface area contributed by atoms with Crippen molar-refractivity contribution in [3.8, 4) is 0 Å². The predicted molar refractivity (Wildman–Crippen MR) is 215 cm³/mol. The minimum atomic E-state index is -1.40. The Kier molecular flexibility index (Phi) is 19.0. The van der Waals surface area contributed by atoms with Gasteiger partial charge < -0.3 is 33.9 Å². The number of carbonyl (C=O) groups excluding carboxylic acids is 5. The topological polar surface area (TPSA) is 169 Å². The van der Waals surface area contributed by atoms with E-state index in [1.54, 1.807) is 20.8 Å². The third-order valence-electron chi connectivity index (χ3n) is 9.96. The molecule has 0 radical (unpaired) electrons. The summed E-state index contributed by atoms with van der Waals surface area (Å²) in [5.74, 6) is -4.03. The van der Waals surface area contributed by atoms with Gasteiger partial charge in [0.1, 0.15) is 23.7 Å². The van der Waals surface area contributed by atoms with Crippen molar-refractivity contribution < 1.29 is 52.8 Å². The van der Waals surface area contributed by atoms with E-state index in [0.717, 1.165) is 23.3 Å². The first-order valence-corrected chi connectivity index (χ1v) is 20.2. The van der Waals surface area contributed by atoms with Crippen LogP contribution < -0.4 is 0 Å².